The summed E-state index contributed by atoms with van der Waals surface area (Å²) in [5, 5.41) is 9.25. The summed E-state index contributed by atoms with van der Waals surface area (Å²) in [6, 6.07) is 0. The molecule has 0 atom stereocenters. The maximum Gasteiger partial charge on any atom is 0.303 e. The van der Waals surface area contributed by atoms with Crippen molar-refractivity contribution in [2.45, 2.75) is 57.8 Å². The van der Waals surface area contributed by atoms with E-state index in [0.717, 1.165) is 58.1 Å². The number of aliphatic carboxylic acids is 1. The first-order valence-corrected chi connectivity index (χ1v) is 8.60. The van der Waals surface area contributed by atoms with Gasteiger partial charge in [0.15, 0.2) is 0 Å². The third-order valence-corrected chi connectivity index (χ3v) is 5.72. The average molecular weight is 309 g/mol. The molecule has 0 bridgehead atoms. The lowest BCUT2D eigenvalue weighted by Gasteiger charge is -2.37. The molecular weight excluding hydrogens is 282 g/mol. The van der Waals surface area contributed by atoms with Gasteiger partial charge in [-0.15, -0.1) is 0 Å². The van der Waals surface area contributed by atoms with Gasteiger partial charge in [0.05, 0.1) is 19.6 Å². The molecule has 2 saturated carbocycles. The molecule has 2 aliphatic carbocycles. The number of hydrogen-bond donors (Lipinski definition) is 1. The van der Waals surface area contributed by atoms with Crippen LogP contribution in [0.1, 0.15) is 57.8 Å². The van der Waals surface area contributed by atoms with E-state index in [1.54, 1.807) is 0 Å². The quantitative estimate of drug-likeness (QED) is 0.866. The Morgan fingerprint density at radius 1 is 1.05 bits per heavy atom. The van der Waals surface area contributed by atoms with Gasteiger partial charge in [-0.1, -0.05) is 19.3 Å². The maximum atomic E-state index is 12.8. The number of amides is 1. The highest BCUT2D eigenvalue weighted by molar-refractivity contribution is 5.78. The molecule has 1 saturated heterocycles. The van der Waals surface area contributed by atoms with E-state index in [1.807, 2.05) is 4.90 Å². The highest BCUT2D eigenvalue weighted by Crippen LogP contribution is 2.48. The van der Waals surface area contributed by atoms with Crippen LogP contribution >= 0.6 is 0 Å². The second kappa shape index (κ2) is 6.19. The number of carbonyl (C=O) groups is 2. The van der Waals surface area contributed by atoms with Crippen molar-refractivity contribution >= 4 is 11.9 Å². The highest BCUT2D eigenvalue weighted by Gasteiger charge is 2.47. The summed E-state index contributed by atoms with van der Waals surface area (Å²) >= 11 is 0. The van der Waals surface area contributed by atoms with E-state index in [1.165, 1.54) is 0 Å². The van der Waals surface area contributed by atoms with E-state index in [2.05, 4.69) is 0 Å². The van der Waals surface area contributed by atoms with Gasteiger partial charge >= 0.3 is 5.97 Å². The van der Waals surface area contributed by atoms with Crippen molar-refractivity contribution in [3.05, 3.63) is 0 Å². The Kier molecular flexibility index (Phi) is 4.44. The molecule has 22 heavy (non-hydrogen) atoms. The van der Waals surface area contributed by atoms with Crippen molar-refractivity contribution in [2.24, 2.45) is 10.8 Å². The summed E-state index contributed by atoms with van der Waals surface area (Å²) in [5.41, 5.74) is -0.107. The zero-order valence-electron chi connectivity index (χ0n) is 13.3. The molecule has 124 valence electrons. The zero-order chi connectivity index (χ0) is 15.6. The van der Waals surface area contributed by atoms with Gasteiger partial charge in [-0.05, 0) is 31.1 Å². The van der Waals surface area contributed by atoms with Crippen LogP contribution in [0.5, 0.6) is 0 Å². The first kappa shape index (κ1) is 15.8. The van der Waals surface area contributed by atoms with Crippen LogP contribution in [0.2, 0.25) is 0 Å². The van der Waals surface area contributed by atoms with Crippen LogP contribution < -0.4 is 0 Å². The van der Waals surface area contributed by atoms with Gasteiger partial charge in [0.2, 0.25) is 5.91 Å². The standard InChI is InChI=1S/C17H27NO4/c19-14(18-8-9-22-13-17(12-18)6-7-17)10-16(11-15(20)21)4-2-1-3-5-16/h1-13H2,(H,20,21). The molecular formula is C17H27NO4. The summed E-state index contributed by atoms with van der Waals surface area (Å²) in [5.74, 6) is -0.632. The molecule has 3 aliphatic rings. The largest absolute Gasteiger partial charge is 0.481 e. The normalized spacial score (nSPS) is 26.5. The molecule has 1 spiro atoms. The second-order valence-corrected chi connectivity index (χ2v) is 7.68. The van der Waals surface area contributed by atoms with E-state index in [4.69, 9.17) is 4.74 Å². The minimum absolute atomic E-state index is 0.133. The fourth-order valence-corrected chi connectivity index (χ4v) is 4.16. The molecule has 5 nitrogen and oxygen atoms in total. The fraction of sp³-hybridized carbons (Fsp3) is 0.882. The molecule has 0 radical (unpaired) electrons. The minimum Gasteiger partial charge on any atom is -0.481 e. The summed E-state index contributed by atoms with van der Waals surface area (Å²) in [7, 11) is 0. The van der Waals surface area contributed by atoms with Crippen LogP contribution in [0.15, 0.2) is 0 Å². The number of carboxylic acids is 1. The molecule has 0 aromatic heterocycles. The Morgan fingerprint density at radius 2 is 1.77 bits per heavy atom. The number of carbonyl (C=O) groups excluding carboxylic acids is 1. The van der Waals surface area contributed by atoms with Gasteiger partial charge in [0.25, 0.3) is 0 Å². The first-order valence-electron chi connectivity index (χ1n) is 8.60. The summed E-state index contributed by atoms with van der Waals surface area (Å²) < 4.78 is 5.64. The monoisotopic (exact) mass is 309 g/mol. The Morgan fingerprint density at radius 3 is 2.41 bits per heavy atom. The molecule has 1 amide bonds. The third kappa shape index (κ3) is 3.62. The molecule has 1 aliphatic heterocycles. The summed E-state index contributed by atoms with van der Waals surface area (Å²) in [6.07, 6.45) is 7.84. The lowest BCUT2D eigenvalue weighted by Crippen LogP contribution is -2.41. The van der Waals surface area contributed by atoms with Crippen molar-refractivity contribution in [3.63, 3.8) is 0 Å². The van der Waals surface area contributed by atoms with Crippen molar-refractivity contribution < 1.29 is 19.4 Å². The fourth-order valence-electron chi connectivity index (χ4n) is 4.16. The Labute approximate surface area is 132 Å². The van der Waals surface area contributed by atoms with Crippen LogP contribution in [-0.2, 0) is 14.3 Å². The van der Waals surface area contributed by atoms with E-state index >= 15 is 0 Å². The van der Waals surface area contributed by atoms with Crippen molar-refractivity contribution in [1.29, 1.82) is 0 Å². The van der Waals surface area contributed by atoms with E-state index < -0.39 is 5.97 Å². The van der Waals surface area contributed by atoms with E-state index in [-0.39, 0.29) is 23.2 Å². The van der Waals surface area contributed by atoms with E-state index in [0.29, 0.717) is 19.6 Å². The van der Waals surface area contributed by atoms with Crippen LogP contribution in [-0.4, -0.2) is 48.2 Å². The number of ether oxygens (including phenoxy) is 1. The number of rotatable bonds is 4. The molecule has 0 unspecified atom stereocenters. The topological polar surface area (TPSA) is 66.8 Å². The Hall–Kier alpha value is -1.10. The highest BCUT2D eigenvalue weighted by atomic mass is 16.5. The molecule has 0 aromatic carbocycles. The predicted octanol–water partition coefficient (Wildman–Crippen LogP) is 2.44. The van der Waals surface area contributed by atoms with Gasteiger partial charge in [-0.3, -0.25) is 9.59 Å². The van der Waals surface area contributed by atoms with Crippen molar-refractivity contribution in [3.8, 4) is 0 Å². The molecule has 3 rings (SSSR count). The lowest BCUT2D eigenvalue weighted by molar-refractivity contribution is -0.142. The van der Waals surface area contributed by atoms with Gasteiger partial charge in [0.1, 0.15) is 0 Å². The van der Waals surface area contributed by atoms with Gasteiger partial charge in [-0.2, -0.15) is 0 Å². The van der Waals surface area contributed by atoms with Gasteiger partial charge in [-0.25, -0.2) is 0 Å². The number of carboxylic acid groups (broad SMARTS) is 1. The van der Waals surface area contributed by atoms with Crippen LogP contribution in [0.3, 0.4) is 0 Å². The minimum atomic E-state index is -0.771. The number of hydrogen-bond acceptors (Lipinski definition) is 3. The zero-order valence-corrected chi connectivity index (χ0v) is 13.3. The van der Waals surface area contributed by atoms with E-state index in [9.17, 15) is 14.7 Å². The maximum absolute atomic E-state index is 12.8. The van der Waals surface area contributed by atoms with Crippen molar-refractivity contribution in [1.82, 2.24) is 4.90 Å². The molecule has 5 heteroatoms. The smallest absolute Gasteiger partial charge is 0.303 e. The van der Waals surface area contributed by atoms with Gasteiger partial charge < -0.3 is 14.7 Å². The first-order chi connectivity index (χ1) is 10.5. The van der Waals surface area contributed by atoms with Crippen LogP contribution in [0, 0.1) is 10.8 Å². The third-order valence-electron chi connectivity index (χ3n) is 5.72. The summed E-state index contributed by atoms with van der Waals surface area (Å²) in [4.78, 5) is 26.0. The lowest BCUT2D eigenvalue weighted by atomic mass is 9.69. The van der Waals surface area contributed by atoms with Crippen LogP contribution in [0.4, 0.5) is 0 Å². The van der Waals surface area contributed by atoms with Crippen molar-refractivity contribution in [2.75, 3.05) is 26.3 Å². The van der Waals surface area contributed by atoms with Crippen LogP contribution in [0.25, 0.3) is 0 Å². The molecule has 1 heterocycles. The Bertz CT molecular complexity index is 438. The molecule has 3 fully saturated rings. The summed E-state index contributed by atoms with van der Waals surface area (Å²) in [6.45, 7) is 2.84. The second-order valence-electron chi connectivity index (χ2n) is 7.68. The van der Waals surface area contributed by atoms with Gasteiger partial charge in [0, 0.05) is 24.9 Å². The molecule has 1 N–H and O–H groups in total. The number of nitrogens with zero attached hydrogens (tertiary/aromatic N) is 1. The molecule has 0 aromatic rings. The Balaban J connectivity index is 1.66. The average Bonchev–Trinajstić information content (AvgIpc) is 3.25. The predicted molar refractivity (Wildman–Crippen MR) is 81.5 cm³/mol. The SMILES string of the molecule is O=C(O)CC1(CC(=O)N2CCOCC3(CC3)C2)CCCCC1.